The molecule has 0 N–H and O–H groups in total. The highest BCUT2D eigenvalue weighted by atomic mass is 16.3. The summed E-state index contributed by atoms with van der Waals surface area (Å²) < 4.78 is 6.35. The molecule has 9 aromatic rings. The van der Waals surface area contributed by atoms with Crippen LogP contribution >= 0.6 is 0 Å². The zero-order valence-corrected chi connectivity index (χ0v) is 23.9. The van der Waals surface area contributed by atoms with Crippen LogP contribution in [0.4, 0.5) is 17.1 Å². The summed E-state index contributed by atoms with van der Waals surface area (Å²) in [6.07, 6.45) is 0. The Kier molecular flexibility index (Phi) is 5.54. The van der Waals surface area contributed by atoms with E-state index in [1.54, 1.807) is 0 Å². The molecule has 0 atom stereocenters. The molecule has 0 aliphatic heterocycles. The second-order valence-electron chi connectivity index (χ2n) is 11.4. The highest BCUT2D eigenvalue weighted by molar-refractivity contribution is 6.09. The van der Waals surface area contributed by atoms with Gasteiger partial charge in [-0.3, -0.25) is 0 Å². The van der Waals surface area contributed by atoms with E-state index in [9.17, 15) is 0 Å². The fourth-order valence-corrected chi connectivity index (χ4v) is 6.73. The summed E-state index contributed by atoms with van der Waals surface area (Å²) in [5.41, 5.74) is 7.42. The minimum Gasteiger partial charge on any atom is -0.456 e. The van der Waals surface area contributed by atoms with Crippen molar-refractivity contribution >= 4 is 71.3 Å². The van der Waals surface area contributed by atoms with Gasteiger partial charge in [-0.1, -0.05) is 115 Å². The average Bonchev–Trinajstić information content (AvgIpc) is 3.46. The molecule has 0 aliphatic rings. The summed E-state index contributed by atoms with van der Waals surface area (Å²) >= 11 is 0. The average molecular weight is 562 g/mol. The third kappa shape index (κ3) is 3.96. The largest absolute Gasteiger partial charge is 0.456 e. The Morgan fingerprint density at radius 3 is 1.82 bits per heavy atom. The maximum absolute atomic E-state index is 6.35. The zero-order valence-electron chi connectivity index (χ0n) is 23.9. The second-order valence-corrected chi connectivity index (χ2v) is 11.4. The van der Waals surface area contributed by atoms with Gasteiger partial charge >= 0.3 is 0 Å². The van der Waals surface area contributed by atoms with Crippen molar-refractivity contribution in [2.45, 2.75) is 0 Å². The fourth-order valence-electron chi connectivity index (χ4n) is 6.73. The van der Waals surface area contributed by atoms with Gasteiger partial charge in [0.25, 0.3) is 0 Å². The minimum absolute atomic E-state index is 0.880. The lowest BCUT2D eigenvalue weighted by Crippen LogP contribution is -2.10. The molecule has 0 aliphatic carbocycles. The van der Waals surface area contributed by atoms with Gasteiger partial charge in [-0.25, -0.2) is 0 Å². The van der Waals surface area contributed by atoms with Crippen molar-refractivity contribution in [3.8, 4) is 11.1 Å². The molecule has 2 nitrogen and oxygen atoms in total. The third-order valence-electron chi connectivity index (χ3n) is 8.81. The van der Waals surface area contributed by atoms with E-state index in [1.165, 1.54) is 43.4 Å². The first-order chi connectivity index (χ1) is 21.8. The van der Waals surface area contributed by atoms with E-state index in [0.29, 0.717) is 0 Å². The van der Waals surface area contributed by atoms with Gasteiger partial charge in [-0.05, 0) is 85.9 Å². The molecule has 1 aromatic heterocycles. The second kappa shape index (κ2) is 9.86. The predicted molar refractivity (Wildman–Crippen MR) is 186 cm³/mol. The van der Waals surface area contributed by atoms with Gasteiger partial charge in [0.05, 0.1) is 0 Å². The quantitative estimate of drug-likeness (QED) is 0.199. The number of para-hydroxylation sites is 1. The number of nitrogens with zero attached hydrogens (tertiary/aromatic N) is 1. The van der Waals surface area contributed by atoms with Crippen LogP contribution in [-0.4, -0.2) is 0 Å². The van der Waals surface area contributed by atoms with Crippen molar-refractivity contribution in [3.63, 3.8) is 0 Å². The highest BCUT2D eigenvalue weighted by Gasteiger charge is 2.17. The van der Waals surface area contributed by atoms with Crippen LogP contribution < -0.4 is 4.90 Å². The molecule has 0 bridgehead atoms. The number of furan rings is 1. The number of hydrogen-bond donors (Lipinski definition) is 0. The number of hydrogen-bond acceptors (Lipinski definition) is 2. The first kappa shape index (κ1) is 24.7. The molecule has 2 heteroatoms. The monoisotopic (exact) mass is 561 g/mol. The molecule has 206 valence electrons. The lowest BCUT2D eigenvalue weighted by Gasteiger charge is -2.26. The summed E-state index contributed by atoms with van der Waals surface area (Å²) in [5, 5.41) is 9.73. The van der Waals surface area contributed by atoms with Crippen LogP contribution in [0, 0.1) is 0 Å². The van der Waals surface area contributed by atoms with Crippen LogP contribution in [0.5, 0.6) is 0 Å². The summed E-state index contributed by atoms with van der Waals surface area (Å²) in [4.78, 5) is 2.34. The van der Waals surface area contributed by atoms with Crippen molar-refractivity contribution in [2.24, 2.45) is 0 Å². The van der Waals surface area contributed by atoms with E-state index < -0.39 is 0 Å². The molecular weight excluding hydrogens is 534 g/mol. The van der Waals surface area contributed by atoms with Gasteiger partial charge in [0, 0.05) is 33.9 Å². The molecular formula is C42H27NO. The maximum atomic E-state index is 6.35. The highest BCUT2D eigenvalue weighted by Crippen LogP contribution is 2.41. The van der Waals surface area contributed by atoms with Crippen molar-refractivity contribution < 1.29 is 4.42 Å². The van der Waals surface area contributed by atoms with E-state index in [-0.39, 0.29) is 0 Å². The van der Waals surface area contributed by atoms with E-state index in [4.69, 9.17) is 4.42 Å². The van der Waals surface area contributed by atoms with Gasteiger partial charge in [0.2, 0.25) is 0 Å². The maximum Gasteiger partial charge on any atom is 0.137 e. The Labute approximate surface area is 255 Å². The zero-order chi connectivity index (χ0) is 29.0. The van der Waals surface area contributed by atoms with Crippen LogP contribution in [-0.2, 0) is 0 Å². The van der Waals surface area contributed by atoms with Crippen molar-refractivity contribution in [3.05, 3.63) is 164 Å². The summed E-state index contributed by atoms with van der Waals surface area (Å²) in [5.74, 6) is 0. The van der Waals surface area contributed by atoms with E-state index in [1.807, 2.05) is 12.1 Å². The number of rotatable bonds is 4. The molecule has 0 radical (unpaired) electrons. The molecule has 8 aromatic carbocycles. The molecule has 0 fully saturated rings. The summed E-state index contributed by atoms with van der Waals surface area (Å²) in [6, 6.07) is 58.7. The molecule has 0 spiro atoms. The molecule has 0 unspecified atom stereocenters. The topological polar surface area (TPSA) is 16.4 Å². The lowest BCUT2D eigenvalue weighted by atomic mass is 9.97. The van der Waals surface area contributed by atoms with E-state index in [0.717, 1.165) is 39.0 Å². The van der Waals surface area contributed by atoms with Crippen LogP contribution in [0.1, 0.15) is 0 Å². The molecule has 0 amide bonds. The van der Waals surface area contributed by atoms with Crippen LogP contribution in [0.15, 0.2) is 168 Å². The molecule has 44 heavy (non-hydrogen) atoms. The van der Waals surface area contributed by atoms with Gasteiger partial charge in [0.1, 0.15) is 11.2 Å². The third-order valence-corrected chi connectivity index (χ3v) is 8.81. The van der Waals surface area contributed by atoms with Gasteiger partial charge < -0.3 is 9.32 Å². The number of benzene rings is 8. The Balaban J connectivity index is 1.26. The van der Waals surface area contributed by atoms with E-state index in [2.05, 4.69) is 157 Å². The van der Waals surface area contributed by atoms with Gasteiger partial charge in [-0.15, -0.1) is 0 Å². The predicted octanol–water partition coefficient (Wildman–Crippen LogP) is 12.2. The summed E-state index contributed by atoms with van der Waals surface area (Å²) in [6.45, 7) is 0. The molecule has 9 rings (SSSR count). The lowest BCUT2D eigenvalue weighted by molar-refractivity contribution is 0.669. The van der Waals surface area contributed by atoms with Crippen LogP contribution in [0.3, 0.4) is 0 Å². The Bertz CT molecular complexity index is 2520. The normalized spacial score (nSPS) is 11.6. The Hall–Kier alpha value is -5.86. The number of anilines is 3. The first-order valence-electron chi connectivity index (χ1n) is 15.0. The van der Waals surface area contributed by atoms with Crippen molar-refractivity contribution in [2.75, 3.05) is 4.90 Å². The minimum atomic E-state index is 0.880. The molecule has 1 heterocycles. The van der Waals surface area contributed by atoms with Crippen molar-refractivity contribution in [1.82, 2.24) is 0 Å². The Morgan fingerprint density at radius 2 is 0.932 bits per heavy atom. The molecule has 0 saturated carbocycles. The van der Waals surface area contributed by atoms with Crippen molar-refractivity contribution in [1.29, 1.82) is 0 Å². The SMILES string of the molecule is c1cc(-c2cccc3ccccc23)cc(N(c2ccc3c(ccc4ccccc43)c2)c2ccc3c(c2)oc2ccccc23)c1. The van der Waals surface area contributed by atoms with Crippen LogP contribution in [0.25, 0.3) is 65.4 Å². The van der Waals surface area contributed by atoms with Crippen LogP contribution in [0.2, 0.25) is 0 Å². The Morgan fingerprint density at radius 1 is 0.341 bits per heavy atom. The van der Waals surface area contributed by atoms with Gasteiger partial charge in [0.15, 0.2) is 0 Å². The van der Waals surface area contributed by atoms with Gasteiger partial charge in [-0.2, -0.15) is 0 Å². The smallest absolute Gasteiger partial charge is 0.137 e. The fraction of sp³-hybridized carbons (Fsp3) is 0. The summed E-state index contributed by atoms with van der Waals surface area (Å²) in [7, 11) is 0. The first-order valence-corrected chi connectivity index (χ1v) is 15.0. The number of fused-ring (bicyclic) bond motifs is 7. The molecule has 0 saturated heterocycles. The van der Waals surface area contributed by atoms with E-state index >= 15 is 0 Å². The standard InChI is InChI=1S/C42H27NO/c1-3-14-35-28(9-1)11-8-17-37(35)30-12-7-13-32(25-30)43(34-22-24-40-39-16-5-6-18-41(39)44-42(40)27-34)33-21-23-38-31(26-33)20-19-29-10-2-4-15-36(29)38/h1-27H.